The molecule has 0 amide bonds. The standard InChI is InChI=1S/C15H22N2O/c1-3-15(18)12-16-7-9-17(10-8-16)14-6-4-5-13(2)11-14/h4-6,11H,3,7-10,12H2,1-2H3. The summed E-state index contributed by atoms with van der Waals surface area (Å²) in [4.78, 5) is 16.1. The first-order chi connectivity index (χ1) is 8.69. The van der Waals surface area contributed by atoms with Crippen LogP contribution in [-0.2, 0) is 4.79 Å². The lowest BCUT2D eigenvalue weighted by Gasteiger charge is -2.35. The topological polar surface area (TPSA) is 23.6 Å². The number of rotatable bonds is 4. The fraction of sp³-hybridized carbons (Fsp3) is 0.533. The number of benzene rings is 1. The van der Waals surface area contributed by atoms with Crippen LogP contribution in [0.15, 0.2) is 24.3 Å². The Balaban J connectivity index is 1.88. The largest absolute Gasteiger partial charge is 0.369 e. The SMILES string of the molecule is CCC(=O)CN1CCN(c2cccc(C)c2)CC1. The minimum Gasteiger partial charge on any atom is -0.369 e. The Morgan fingerprint density at radius 2 is 1.94 bits per heavy atom. The number of piperazine rings is 1. The molecule has 98 valence electrons. The van der Waals surface area contributed by atoms with E-state index in [0.717, 1.165) is 26.2 Å². The molecule has 1 heterocycles. The van der Waals surface area contributed by atoms with Crippen LogP contribution in [0.1, 0.15) is 18.9 Å². The minimum atomic E-state index is 0.346. The van der Waals surface area contributed by atoms with E-state index in [9.17, 15) is 4.79 Å². The number of carbonyl (C=O) groups excluding carboxylic acids is 1. The van der Waals surface area contributed by atoms with E-state index in [-0.39, 0.29) is 0 Å². The average Bonchev–Trinajstić information content (AvgIpc) is 2.39. The molecule has 1 aromatic rings. The van der Waals surface area contributed by atoms with Gasteiger partial charge in [0.1, 0.15) is 5.78 Å². The van der Waals surface area contributed by atoms with Crippen LogP contribution in [0.4, 0.5) is 5.69 Å². The summed E-state index contributed by atoms with van der Waals surface area (Å²) in [5.41, 5.74) is 2.60. The molecule has 0 spiro atoms. The van der Waals surface area contributed by atoms with E-state index in [1.165, 1.54) is 11.3 Å². The summed E-state index contributed by atoms with van der Waals surface area (Å²) in [5, 5.41) is 0. The zero-order valence-electron chi connectivity index (χ0n) is 11.4. The van der Waals surface area contributed by atoms with E-state index in [1.54, 1.807) is 0 Å². The third-order valence-electron chi connectivity index (χ3n) is 3.53. The van der Waals surface area contributed by atoms with Crippen molar-refractivity contribution in [2.24, 2.45) is 0 Å². The number of ketones is 1. The second-order valence-electron chi connectivity index (χ2n) is 4.99. The van der Waals surface area contributed by atoms with Crippen molar-refractivity contribution in [3.05, 3.63) is 29.8 Å². The van der Waals surface area contributed by atoms with Crippen LogP contribution >= 0.6 is 0 Å². The van der Waals surface area contributed by atoms with E-state index < -0.39 is 0 Å². The quantitative estimate of drug-likeness (QED) is 0.813. The lowest BCUT2D eigenvalue weighted by Crippen LogP contribution is -2.47. The Hall–Kier alpha value is -1.35. The molecule has 1 aromatic carbocycles. The highest BCUT2D eigenvalue weighted by atomic mass is 16.1. The van der Waals surface area contributed by atoms with E-state index >= 15 is 0 Å². The van der Waals surface area contributed by atoms with Gasteiger partial charge in [-0.2, -0.15) is 0 Å². The number of nitrogens with zero attached hydrogens (tertiary/aromatic N) is 2. The highest BCUT2D eigenvalue weighted by molar-refractivity contribution is 5.80. The molecule has 3 heteroatoms. The molecule has 0 aromatic heterocycles. The van der Waals surface area contributed by atoms with Crippen LogP contribution in [-0.4, -0.2) is 43.4 Å². The van der Waals surface area contributed by atoms with Crippen LogP contribution < -0.4 is 4.90 Å². The average molecular weight is 246 g/mol. The first-order valence-corrected chi connectivity index (χ1v) is 6.74. The van der Waals surface area contributed by atoms with Gasteiger partial charge in [0.2, 0.25) is 0 Å². The van der Waals surface area contributed by atoms with Crippen LogP contribution in [0.5, 0.6) is 0 Å². The molecule has 18 heavy (non-hydrogen) atoms. The number of Topliss-reactive ketones (excluding diaryl/α,β-unsaturated/α-hetero) is 1. The second-order valence-corrected chi connectivity index (χ2v) is 4.99. The van der Waals surface area contributed by atoms with Crippen molar-refractivity contribution in [1.82, 2.24) is 4.90 Å². The highest BCUT2D eigenvalue weighted by Gasteiger charge is 2.18. The Kier molecular flexibility index (Phi) is 4.37. The van der Waals surface area contributed by atoms with Crippen molar-refractivity contribution in [2.45, 2.75) is 20.3 Å². The molecule has 0 aliphatic carbocycles. The summed E-state index contributed by atoms with van der Waals surface area (Å²) in [6.07, 6.45) is 0.651. The van der Waals surface area contributed by atoms with Gasteiger partial charge in [-0.1, -0.05) is 19.1 Å². The predicted molar refractivity (Wildman–Crippen MR) is 75.1 cm³/mol. The molecular formula is C15H22N2O. The Bertz CT molecular complexity index is 409. The zero-order chi connectivity index (χ0) is 13.0. The third kappa shape index (κ3) is 3.33. The highest BCUT2D eigenvalue weighted by Crippen LogP contribution is 2.17. The van der Waals surface area contributed by atoms with Gasteiger partial charge in [-0.05, 0) is 24.6 Å². The maximum atomic E-state index is 11.4. The van der Waals surface area contributed by atoms with E-state index in [1.807, 2.05) is 6.92 Å². The first kappa shape index (κ1) is 13.1. The van der Waals surface area contributed by atoms with Gasteiger partial charge >= 0.3 is 0 Å². The summed E-state index contributed by atoms with van der Waals surface area (Å²) >= 11 is 0. The molecule has 3 nitrogen and oxygen atoms in total. The molecule has 1 fully saturated rings. The van der Waals surface area contributed by atoms with E-state index in [4.69, 9.17) is 0 Å². The van der Waals surface area contributed by atoms with Crippen molar-refractivity contribution < 1.29 is 4.79 Å². The van der Waals surface area contributed by atoms with Crippen LogP contribution in [0.3, 0.4) is 0 Å². The fourth-order valence-corrected chi connectivity index (χ4v) is 2.35. The molecular weight excluding hydrogens is 224 g/mol. The molecule has 0 unspecified atom stereocenters. The maximum Gasteiger partial charge on any atom is 0.146 e. The monoisotopic (exact) mass is 246 g/mol. The first-order valence-electron chi connectivity index (χ1n) is 6.74. The van der Waals surface area contributed by atoms with E-state index in [0.29, 0.717) is 18.7 Å². The van der Waals surface area contributed by atoms with Gasteiger partial charge in [0, 0.05) is 38.3 Å². The molecule has 2 rings (SSSR count). The Morgan fingerprint density at radius 3 is 2.56 bits per heavy atom. The van der Waals surface area contributed by atoms with Crippen molar-refractivity contribution in [2.75, 3.05) is 37.6 Å². The minimum absolute atomic E-state index is 0.346. The summed E-state index contributed by atoms with van der Waals surface area (Å²) in [6.45, 7) is 8.68. The van der Waals surface area contributed by atoms with Gasteiger partial charge in [0.05, 0.1) is 6.54 Å². The summed E-state index contributed by atoms with van der Waals surface area (Å²) < 4.78 is 0. The van der Waals surface area contributed by atoms with Gasteiger partial charge < -0.3 is 4.90 Å². The number of hydrogen-bond acceptors (Lipinski definition) is 3. The van der Waals surface area contributed by atoms with Crippen molar-refractivity contribution in [3.63, 3.8) is 0 Å². The molecule has 0 bridgehead atoms. The van der Waals surface area contributed by atoms with Crippen LogP contribution in [0.25, 0.3) is 0 Å². The predicted octanol–water partition coefficient (Wildman–Crippen LogP) is 2.10. The van der Waals surface area contributed by atoms with Gasteiger partial charge in [0.25, 0.3) is 0 Å². The molecule has 0 radical (unpaired) electrons. The molecule has 0 N–H and O–H groups in total. The lowest BCUT2D eigenvalue weighted by molar-refractivity contribution is -0.119. The molecule has 0 saturated carbocycles. The second kappa shape index (κ2) is 6.01. The number of aryl methyl sites for hydroxylation is 1. The number of hydrogen-bond donors (Lipinski definition) is 0. The van der Waals surface area contributed by atoms with Crippen LogP contribution in [0.2, 0.25) is 0 Å². The van der Waals surface area contributed by atoms with Gasteiger partial charge in [-0.15, -0.1) is 0 Å². The summed E-state index contributed by atoms with van der Waals surface area (Å²) in [7, 11) is 0. The smallest absolute Gasteiger partial charge is 0.146 e. The summed E-state index contributed by atoms with van der Waals surface area (Å²) in [6, 6.07) is 8.63. The van der Waals surface area contributed by atoms with Gasteiger partial charge in [0.15, 0.2) is 0 Å². The molecule has 1 aliphatic rings. The van der Waals surface area contributed by atoms with E-state index in [2.05, 4.69) is 41.0 Å². The maximum absolute atomic E-state index is 11.4. The Morgan fingerprint density at radius 1 is 1.22 bits per heavy atom. The molecule has 0 atom stereocenters. The van der Waals surface area contributed by atoms with Crippen molar-refractivity contribution in [1.29, 1.82) is 0 Å². The zero-order valence-corrected chi connectivity index (χ0v) is 11.4. The van der Waals surface area contributed by atoms with Gasteiger partial charge in [-0.25, -0.2) is 0 Å². The molecule has 1 saturated heterocycles. The van der Waals surface area contributed by atoms with Crippen LogP contribution in [0, 0.1) is 6.92 Å². The van der Waals surface area contributed by atoms with Gasteiger partial charge in [-0.3, -0.25) is 9.69 Å². The number of anilines is 1. The van der Waals surface area contributed by atoms with Crippen molar-refractivity contribution >= 4 is 11.5 Å². The fourth-order valence-electron chi connectivity index (χ4n) is 2.35. The van der Waals surface area contributed by atoms with Crippen molar-refractivity contribution in [3.8, 4) is 0 Å². The lowest BCUT2D eigenvalue weighted by atomic mass is 10.2. The molecule has 1 aliphatic heterocycles. The Labute approximate surface area is 109 Å². The normalized spacial score (nSPS) is 16.9. The summed E-state index contributed by atoms with van der Waals surface area (Å²) in [5.74, 6) is 0.346. The third-order valence-corrected chi connectivity index (χ3v) is 3.53. The number of carbonyl (C=O) groups is 1.